The zero-order valence-electron chi connectivity index (χ0n) is 15.7. The predicted octanol–water partition coefficient (Wildman–Crippen LogP) is 3.22. The van der Waals surface area contributed by atoms with E-state index in [9.17, 15) is 4.79 Å². The molecule has 0 aliphatic carbocycles. The molecule has 1 N–H and O–H groups in total. The van der Waals surface area contributed by atoms with E-state index in [2.05, 4.69) is 15.3 Å². The molecule has 0 aliphatic rings. The number of hydrogen-bond donors (Lipinski definition) is 1. The molecule has 6 nitrogen and oxygen atoms in total. The second-order valence-corrected chi connectivity index (χ2v) is 6.57. The van der Waals surface area contributed by atoms with Crippen molar-refractivity contribution in [2.24, 2.45) is 0 Å². The van der Waals surface area contributed by atoms with Crippen molar-refractivity contribution in [3.8, 4) is 5.75 Å². The highest BCUT2D eigenvalue weighted by molar-refractivity contribution is 6.05. The van der Waals surface area contributed by atoms with Gasteiger partial charge in [0.15, 0.2) is 0 Å². The van der Waals surface area contributed by atoms with Crippen LogP contribution in [0.15, 0.2) is 30.5 Å². The largest absolute Gasteiger partial charge is 0.492 e. The van der Waals surface area contributed by atoms with E-state index in [1.165, 1.54) is 0 Å². The maximum Gasteiger partial charge on any atom is 0.259 e. The number of amides is 1. The van der Waals surface area contributed by atoms with E-state index in [1.807, 2.05) is 65.3 Å². The minimum absolute atomic E-state index is 0.135. The third kappa shape index (κ3) is 5.32. The summed E-state index contributed by atoms with van der Waals surface area (Å²) in [7, 11) is 4.02. The molecule has 0 atom stereocenters. The molecule has 0 aliphatic heterocycles. The fraction of sp³-hybridized carbons (Fsp3) is 0.474. The van der Waals surface area contributed by atoms with Crippen LogP contribution >= 0.6 is 0 Å². The van der Waals surface area contributed by atoms with E-state index in [4.69, 9.17) is 4.74 Å². The van der Waals surface area contributed by atoms with E-state index in [0.29, 0.717) is 12.2 Å². The molecule has 1 amide bonds. The number of hydrogen-bond acceptors (Lipinski definition) is 4. The van der Waals surface area contributed by atoms with Crippen LogP contribution in [0.5, 0.6) is 5.75 Å². The Morgan fingerprint density at radius 3 is 2.52 bits per heavy atom. The topological polar surface area (TPSA) is 59.4 Å². The highest BCUT2D eigenvalue weighted by atomic mass is 16.5. The Morgan fingerprint density at radius 1 is 1.28 bits per heavy atom. The number of likely N-dealkylation sites (N-methyl/N-ethyl adjacent to an activating group) is 1. The van der Waals surface area contributed by atoms with E-state index in [0.717, 1.165) is 30.2 Å². The molecule has 0 saturated carbocycles. The summed E-state index contributed by atoms with van der Waals surface area (Å²) in [6.07, 6.45) is 1.81. The average Bonchev–Trinajstić information content (AvgIpc) is 3.01. The minimum Gasteiger partial charge on any atom is -0.492 e. The van der Waals surface area contributed by atoms with Crippen LogP contribution in [-0.4, -0.2) is 47.8 Å². The second-order valence-electron chi connectivity index (χ2n) is 6.57. The third-order valence-corrected chi connectivity index (χ3v) is 3.83. The molecule has 136 valence electrons. The van der Waals surface area contributed by atoms with Crippen molar-refractivity contribution >= 4 is 11.6 Å². The summed E-state index contributed by atoms with van der Waals surface area (Å²) in [6, 6.07) is 7.43. The van der Waals surface area contributed by atoms with Crippen LogP contribution in [0.25, 0.3) is 0 Å². The van der Waals surface area contributed by atoms with Crippen LogP contribution in [0, 0.1) is 0 Å². The normalized spacial score (nSPS) is 11.2. The number of aromatic nitrogens is 2. The lowest BCUT2D eigenvalue weighted by molar-refractivity contribution is 0.102. The molecule has 1 heterocycles. The van der Waals surface area contributed by atoms with Crippen LogP contribution in [0.2, 0.25) is 0 Å². The van der Waals surface area contributed by atoms with Gasteiger partial charge in [-0.1, -0.05) is 13.8 Å². The lowest BCUT2D eigenvalue weighted by Gasteiger charge is -2.11. The first-order chi connectivity index (χ1) is 11.9. The summed E-state index contributed by atoms with van der Waals surface area (Å²) in [5, 5.41) is 7.42. The maximum absolute atomic E-state index is 12.6. The smallest absolute Gasteiger partial charge is 0.259 e. The van der Waals surface area contributed by atoms with Crippen LogP contribution in [0.4, 0.5) is 5.69 Å². The number of benzene rings is 1. The summed E-state index contributed by atoms with van der Waals surface area (Å²) in [5.41, 5.74) is 2.19. The Balaban J connectivity index is 2.02. The fourth-order valence-electron chi connectivity index (χ4n) is 2.38. The zero-order chi connectivity index (χ0) is 18.4. The standard InChI is InChI=1S/C19H28N4O2/c1-6-23-13-17(18(21-23)14(2)3)19(24)20-15-7-9-16(10-8-15)25-12-11-22(4)5/h7-10,13-14H,6,11-12H2,1-5H3,(H,20,24). The van der Waals surface area contributed by atoms with Crippen molar-refractivity contribution in [3.63, 3.8) is 0 Å². The molecular formula is C19H28N4O2. The molecule has 1 aromatic heterocycles. The molecule has 2 aromatic rings. The molecule has 0 saturated heterocycles. The SMILES string of the molecule is CCn1cc(C(=O)Nc2ccc(OCCN(C)C)cc2)c(C(C)C)n1. The quantitative estimate of drug-likeness (QED) is 0.799. The maximum atomic E-state index is 12.6. The first-order valence-corrected chi connectivity index (χ1v) is 8.67. The van der Waals surface area contributed by atoms with Crippen LogP contribution in [0.1, 0.15) is 42.7 Å². The zero-order valence-corrected chi connectivity index (χ0v) is 15.7. The van der Waals surface area contributed by atoms with Gasteiger partial charge in [0.25, 0.3) is 5.91 Å². The van der Waals surface area contributed by atoms with Crippen molar-refractivity contribution in [3.05, 3.63) is 41.7 Å². The molecule has 0 unspecified atom stereocenters. The number of carbonyl (C=O) groups excluding carboxylic acids is 1. The minimum atomic E-state index is -0.135. The molecule has 0 spiro atoms. The highest BCUT2D eigenvalue weighted by Crippen LogP contribution is 2.20. The van der Waals surface area contributed by atoms with Crippen LogP contribution in [-0.2, 0) is 6.54 Å². The number of anilines is 1. The summed E-state index contributed by atoms with van der Waals surface area (Å²) < 4.78 is 7.46. The van der Waals surface area contributed by atoms with Gasteiger partial charge in [0.05, 0.1) is 11.3 Å². The number of ether oxygens (including phenoxy) is 1. The Hall–Kier alpha value is -2.34. The van der Waals surface area contributed by atoms with Crippen molar-refractivity contribution < 1.29 is 9.53 Å². The second kappa shape index (κ2) is 8.67. The molecule has 0 fully saturated rings. The Kier molecular flexibility index (Phi) is 6.58. The monoisotopic (exact) mass is 344 g/mol. The summed E-state index contributed by atoms with van der Waals surface area (Å²) in [5.74, 6) is 0.854. The summed E-state index contributed by atoms with van der Waals surface area (Å²) >= 11 is 0. The van der Waals surface area contributed by atoms with Crippen molar-refractivity contribution in [2.45, 2.75) is 33.2 Å². The van der Waals surface area contributed by atoms with E-state index < -0.39 is 0 Å². The van der Waals surface area contributed by atoms with Gasteiger partial charge in [0.2, 0.25) is 0 Å². The molecule has 0 bridgehead atoms. The number of nitrogens with zero attached hydrogens (tertiary/aromatic N) is 3. The Bertz CT molecular complexity index is 690. The Morgan fingerprint density at radius 2 is 1.96 bits per heavy atom. The number of carbonyl (C=O) groups is 1. The lowest BCUT2D eigenvalue weighted by Crippen LogP contribution is -2.19. The van der Waals surface area contributed by atoms with Gasteiger partial charge in [0, 0.05) is 25.0 Å². The van der Waals surface area contributed by atoms with Gasteiger partial charge in [-0.25, -0.2) is 0 Å². The first kappa shape index (κ1) is 19.0. The first-order valence-electron chi connectivity index (χ1n) is 8.67. The van der Waals surface area contributed by atoms with E-state index >= 15 is 0 Å². The van der Waals surface area contributed by atoms with E-state index in [1.54, 1.807) is 4.68 Å². The lowest BCUT2D eigenvalue weighted by atomic mass is 10.1. The molecule has 6 heteroatoms. The van der Waals surface area contributed by atoms with Crippen molar-refractivity contribution in [1.82, 2.24) is 14.7 Å². The van der Waals surface area contributed by atoms with Crippen molar-refractivity contribution in [1.29, 1.82) is 0 Å². The Labute approximate surface area is 149 Å². The van der Waals surface area contributed by atoms with Gasteiger partial charge in [-0.2, -0.15) is 5.10 Å². The summed E-state index contributed by atoms with van der Waals surface area (Å²) in [6.45, 7) is 8.32. The van der Waals surface area contributed by atoms with Crippen molar-refractivity contribution in [2.75, 3.05) is 32.6 Å². The average molecular weight is 344 g/mol. The predicted molar refractivity (Wildman–Crippen MR) is 100 cm³/mol. The van der Waals surface area contributed by atoms with Gasteiger partial charge in [-0.15, -0.1) is 0 Å². The fourth-order valence-corrected chi connectivity index (χ4v) is 2.38. The van der Waals surface area contributed by atoms with Gasteiger partial charge >= 0.3 is 0 Å². The van der Waals surface area contributed by atoms with Gasteiger partial charge in [0.1, 0.15) is 12.4 Å². The molecular weight excluding hydrogens is 316 g/mol. The van der Waals surface area contributed by atoms with Gasteiger partial charge < -0.3 is 15.0 Å². The molecule has 0 radical (unpaired) electrons. The van der Waals surface area contributed by atoms with Gasteiger partial charge in [-0.3, -0.25) is 9.48 Å². The molecule has 2 rings (SSSR count). The van der Waals surface area contributed by atoms with Crippen LogP contribution < -0.4 is 10.1 Å². The third-order valence-electron chi connectivity index (χ3n) is 3.83. The van der Waals surface area contributed by atoms with E-state index in [-0.39, 0.29) is 11.8 Å². The number of aryl methyl sites for hydroxylation is 1. The van der Waals surface area contributed by atoms with Crippen LogP contribution in [0.3, 0.4) is 0 Å². The highest BCUT2D eigenvalue weighted by Gasteiger charge is 2.18. The summed E-state index contributed by atoms with van der Waals surface area (Å²) in [4.78, 5) is 14.7. The molecule has 1 aromatic carbocycles. The number of rotatable bonds is 8. The number of nitrogens with one attached hydrogen (secondary N) is 1. The molecule has 25 heavy (non-hydrogen) atoms. The van der Waals surface area contributed by atoms with Gasteiger partial charge in [-0.05, 0) is 51.2 Å².